The number of sulfonamides is 1. The van der Waals surface area contributed by atoms with Crippen molar-refractivity contribution >= 4 is 21.4 Å². The molecule has 0 heterocycles. The molecule has 0 fully saturated rings. The molecule has 1 aromatic rings. The number of hydrogen-bond acceptors (Lipinski definition) is 4. The van der Waals surface area contributed by atoms with Crippen LogP contribution >= 0.6 is 0 Å². The number of nitrogens with one attached hydrogen (secondary N) is 2. The third kappa shape index (κ3) is 5.80. The molecular formula is C12H18F3N3O2S. The van der Waals surface area contributed by atoms with Crippen molar-refractivity contribution in [2.45, 2.75) is 25.6 Å². The smallest absolute Gasteiger partial charge is 0.398 e. The van der Waals surface area contributed by atoms with Crippen LogP contribution in [0.3, 0.4) is 0 Å². The maximum atomic E-state index is 12.7. The zero-order valence-corrected chi connectivity index (χ0v) is 12.7. The molecular weight excluding hydrogens is 307 g/mol. The molecule has 0 aromatic heterocycles. The van der Waals surface area contributed by atoms with Gasteiger partial charge in [-0.1, -0.05) is 0 Å². The molecule has 0 saturated carbocycles. The minimum atomic E-state index is -4.54. The Hall–Kier alpha value is -1.48. The molecule has 0 unspecified atom stereocenters. The highest BCUT2D eigenvalue weighted by molar-refractivity contribution is 7.88. The molecule has 5 nitrogen and oxygen atoms in total. The number of nitrogens with two attached hydrogens (primary N) is 1. The number of hydrogen-bond donors (Lipinski definition) is 3. The Labute approximate surface area is 121 Å². The number of anilines is 2. The first-order valence-corrected chi connectivity index (χ1v) is 7.89. The molecule has 21 heavy (non-hydrogen) atoms. The normalized spacial score (nSPS) is 13.2. The second-order valence-corrected chi connectivity index (χ2v) is 7.16. The number of rotatable bonds is 5. The highest BCUT2D eigenvalue weighted by Crippen LogP contribution is 2.35. The van der Waals surface area contributed by atoms with Gasteiger partial charge in [-0.25, -0.2) is 13.1 Å². The Morgan fingerprint density at radius 2 is 1.81 bits per heavy atom. The first-order valence-electron chi connectivity index (χ1n) is 6.00. The average molecular weight is 325 g/mol. The van der Waals surface area contributed by atoms with Gasteiger partial charge in [-0.2, -0.15) is 13.2 Å². The molecule has 0 aliphatic heterocycles. The van der Waals surface area contributed by atoms with Crippen LogP contribution < -0.4 is 15.8 Å². The molecule has 0 spiro atoms. The van der Waals surface area contributed by atoms with Crippen LogP contribution in [0.2, 0.25) is 0 Å². The van der Waals surface area contributed by atoms with Gasteiger partial charge in [-0.15, -0.1) is 0 Å². The van der Waals surface area contributed by atoms with Gasteiger partial charge in [0.2, 0.25) is 10.0 Å². The molecule has 0 amide bonds. The van der Waals surface area contributed by atoms with Crippen LogP contribution in [0.25, 0.3) is 0 Å². The van der Waals surface area contributed by atoms with Crippen LogP contribution in [-0.2, 0) is 16.2 Å². The van der Waals surface area contributed by atoms with E-state index in [1.54, 1.807) is 13.8 Å². The van der Waals surface area contributed by atoms with Gasteiger partial charge in [0.25, 0.3) is 0 Å². The third-order valence-electron chi connectivity index (χ3n) is 2.55. The third-order valence-corrected chi connectivity index (χ3v) is 3.48. The molecule has 120 valence electrons. The van der Waals surface area contributed by atoms with Gasteiger partial charge in [0.15, 0.2) is 0 Å². The fourth-order valence-corrected chi connectivity index (χ4v) is 2.85. The Bertz CT molecular complexity index is 613. The van der Waals surface area contributed by atoms with E-state index in [-0.39, 0.29) is 17.9 Å². The summed E-state index contributed by atoms with van der Waals surface area (Å²) in [5.74, 6) is 0. The molecule has 0 aliphatic rings. The molecule has 1 aromatic carbocycles. The highest BCUT2D eigenvalue weighted by atomic mass is 32.2. The van der Waals surface area contributed by atoms with Gasteiger partial charge in [-0.05, 0) is 32.0 Å². The summed E-state index contributed by atoms with van der Waals surface area (Å²) in [6.07, 6.45) is -3.53. The molecule has 0 aliphatic carbocycles. The maximum Gasteiger partial charge on any atom is 0.418 e. The predicted octanol–water partition coefficient (Wildman–Crippen LogP) is 2.03. The van der Waals surface area contributed by atoms with E-state index < -0.39 is 27.3 Å². The van der Waals surface area contributed by atoms with Crippen molar-refractivity contribution in [3.63, 3.8) is 0 Å². The minimum absolute atomic E-state index is 0.112. The summed E-state index contributed by atoms with van der Waals surface area (Å²) in [6, 6.07) is 3.45. The summed E-state index contributed by atoms with van der Waals surface area (Å²) in [5.41, 5.74) is 3.37. The van der Waals surface area contributed by atoms with Gasteiger partial charge in [0.1, 0.15) is 0 Å². The van der Waals surface area contributed by atoms with Crippen molar-refractivity contribution in [1.82, 2.24) is 4.72 Å². The van der Waals surface area contributed by atoms with Crippen LogP contribution in [0.15, 0.2) is 18.2 Å². The molecule has 1 rings (SSSR count). The Kier molecular flexibility index (Phi) is 4.79. The number of halogens is 3. The Balaban J connectivity index is 2.86. The lowest BCUT2D eigenvalue weighted by Crippen LogP contribution is -2.47. The zero-order chi connectivity index (χ0) is 16.5. The van der Waals surface area contributed by atoms with E-state index in [0.717, 1.165) is 18.4 Å². The van der Waals surface area contributed by atoms with E-state index in [1.165, 1.54) is 6.07 Å². The summed E-state index contributed by atoms with van der Waals surface area (Å²) < 4.78 is 62.9. The molecule has 4 N–H and O–H groups in total. The quantitative estimate of drug-likeness (QED) is 0.723. The van der Waals surface area contributed by atoms with Crippen molar-refractivity contribution in [3.05, 3.63) is 23.8 Å². The van der Waals surface area contributed by atoms with Crippen molar-refractivity contribution in [1.29, 1.82) is 0 Å². The van der Waals surface area contributed by atoms with E-state index in [2.05, 4.69) is 10.0 Å². The lowest BCUT2D eigenvalue weighted by molar-refractivity contribution is -0.136. The lowest BCUT2D eigenvalue weighted by Gasteiger charge is -2.26. The molecule has 0 saturated heterocycles. The lowest BCUT2D eigenvalue weighted by atomic mass is 10.1. The number of nitrogen functional groups attached to an aromatic ring is 1. The Morgan fingerprint density at radius 1 is 1.24 bits per heavy atom. The van der Waals surface area contributed by atoms with Crippen molar-refractivity contribution in [2.75, 3.05) is 23.9 Å². The Morgan fingerprint density at radius 3 is 2.29 bits per heavy atom. The zero-order valence-electron chi connectivity index (χ0n) is 11.9. The van der Waals surface area contributed by atoms with E-state index in [0.29, 0.717) is 0 Å². The average Bonchev–Trinajstić information content (AvgIpc) is 2.23. The van der Waals surface area contributed by atoms with Crippen molar-refractivity contribution in [2.24, 2.45) is 0 Å². The van der Waals surface area contributed by atoms with Crippen LogP contribution in [-0.4, -0.2) is 26.8 Å². The van der Waals surface area contributed by atoms with E-state index in [4.69, 9.17) is 5.73 Å². The van der Waals surface area contributed by atoms with Gasteiger partial charge >= 0.3 is 6.18 Å². The fraction of sp³-hybridized carbons (Fsp3) is 0.500. The topological polar surface area (TPSA) is 84.2 Å². The molecule has 0 atom stereocenters. The molecule has 9 heteroatoms. The van der Waals surface area contributed by atoms with Crippen molar-refractivity contribution < 1.29 is 21.6 Å². The van der Waals surface area contributed by atoms with Gasteiger partial charge in [0, 0.05) is 23.5 Å². The van der Waals surface area contributed by atoms with Gasteiger partial charge in [0.05, 0.1) is 11.8 Å². The standard InChI is InChI=1S/C12H18F3N3O2S/c1-11(2,18-21(3,19)20)7-17-8-4-5-10(16)9(6-8)12(13,14)15/h4-6,17-18H,7,16H2,1-3H3. The first-order chi connectivity index (χ1) is 9.30. The fourth-order valence-electron chi connectivity index (χ4n) is 1.77. The minimum Gasteiger partial charge on any atom is -0.398 e. The predicted molar refractivity (Wildman–Crippen MR) is 76.4 cm³/mol. The second kappa shape index (κ2) is 5.72. The summed E-state index contributed by atoms with van der Waals surface area (Å²) in [4.78, 5) is 0. The number of benzene rings is 1. The van der Waals surface area contributed by atoms with Crippen LogP contribution in [0, 0.1) is 0 Å². The monoisotopic (exact) mass is 325 g/mol. The van der Waals surface area contributed by atoms with Crippen molar-refractivity contribution in [3.8, 4) is 0 Å². The highest BCUT2D eigenvalue weighted by Gasteiger charge is 2.33. The molecule has 0 radical (unpaired) electrons. The first kappa shape index (κ1) is 17.6. The largest absolute Gasteiger partial charge is 0.418 e. The molecule has 0 bridgehead atoms. The second-order valence-electron chi connectivity index (χ2n) is 5.41. The summed E-state index contributed by atoms with van der Waals surface area (Å²) >= 11 is 0. The summed E-state index contributed by atoms with van der Waals surface area (Å²) in [7, 11) is -3.41. The van der Waals surface area contributed by atoms with Gasteiger partial charge < -0.3 is 11.1 Å². The summed E-state index contributed by atoms with van der Waals surface area (Å²) in [6.45, 7) is 3.34. The SMILES string of the molecule is CC(C)(CNc1ccc(N)c(C(F)(F)F)c1)NS(C)(=O)=O. The number of alkyl halides is 3. The van der Waals surface area contributed by atoms with E-state index >= 15 is 0 Å². The van der Waals surface area contributed by atoms with E-state index in [1.807, 2.05) is 0 Å². The van der Waals surface area contributed by atoms with E-state index in [9.17, 15) is 21.6 Å². The van der Waals surface area contributed by atoms with Crippen LogP contribution in [0.5, 0.6) is 0 Å². The maximum absolute atomic E-state index is 12.7. The van der Waals surface area contributed by atoms with Gasteiger partial charge in [-0.3, -0.25) is 0 Å². The van der Waals surface area contributed by atoms with Crippen LogP contribution in [0.1, 0.15) is 19.4 Å². The summed E-state index contributed by atoms with van der Waals surface area (Å²) in [5, 5.41) is 2.76. The van der Waals surface area contributed by atoms with Crippen LogP contribution in [0.4, 0.5) is 24.5 Å².